The third kappa shape index (κ3) is 3.59. The molecular weight excluding hydrogens is 273 g/mol. The summed E-state index contributed by atoms with van der Waals surface area (Å²) in [5.41, 5.74) is 3.25. The normalized spacial score (nSPS) is 12.4. The van der Waals surface area contributed by atoms with Gasteiger partial charge in [-0.15, -0.1) is 0 Å². The van der Waals surface area contributed by atoms with Gasteiger partial charge in [-0.1, -0.05) is 35.9 Å². The number of benzene rings is 2. The molecule has 1 nitrogen and oxygen atoms in total. The zero-order valence-corrected chi connectivity index (χ0v) is 12.5. The second-order valence-corrected chi connectivity index (χ2v) is 5.46. The predicted octanol–water partition coefficient (Wildman–Crippen LogP) is 4.33. The van der Waals surface area contributed by atoms with Crippen LogP contribution in [0.5, 0.6) is 0 Å². The molecule has 106 valence electrons. The lowest BCUT2D eigenvalue weighted by Gasteiger charge is -2.19. The van der Waals surface area contributed by atoms with Crippen molar-refractivity contribution in [3.63, 3.8) is 0 Å². The first kappa shape index (κ1) is 15.0. The smallest absolute Gasteiger partial charge is 0.123 e. The summed E-state index contributed by atoms with van der Waals surface area (Å²) in [7, 11) is 1.92. The van der Waals surface area contributed by atoms with Gasteiger partial charge < -0.3 is 5.32 Å². The molecule has 1 N–H and O–H groups in total. The van der Waals surface area contributed by atoms with Crippen LogP contribution in [0.3, 0.4) is 0 Å². The number of rotatable bonds is 5. The zero-order chi connectivity index (χ0) is 14.5. The van der Waals surface area contributed by atoms with Gasteiger partial charge in [-0.25, -0.2) is 4.39 Å². The van der Waals surface area contributed by atoms with E-state index in [-0.39, 0.29) is 11.7 Å². The van der Waals surface area contributed by atoms with Crippen molar-refractivity contribution in [3.05, 3.63) is 70.0 Å². The molecule has 0 saturated carbocycles. The third-order valence-corrected chi connectivity index (χ3v) is 3.92. The molecule has 0 aromatic heterocycles. The van der Waals surface area contributed by atoms with E-state index in [2.05, 4.69) is 5.32 Å². The fourth-order valence-electron chi connectivity index (χ4n) is 2.47. The van der Waals surface area contributed by atoms with Crippen molar-refractivity contribution in [1.82, 2.24) is 5.32 Å². The topological polar surface area (TPSA) is 12.0 Å². The maximum Gasteiger partial charge on any atom is 0.123 e. The lowest BCUT2D eigenvalue weighted by molar-refractivity contribution is 0.606. The Morgan fingerprint density at radius 1 is 1.20 bits per heavy atom. The van der Waals surface area contributed by atoms with Crippen LogP contribution in [0.2, 0.25) is 5.02 Å². The van der Waals surface area contributed by atoms with E-state index in [1.165, 1.54) is 6.07 Å². The van der Waals surface area contributed by atoms with Crippen molar-refractivity contribution in [3.8, 4) is 0 Å². The molecule has 0 radical (unpaired) electrons. The molecule has 3 heteroatoms. The lowest BCUT2D eigenvalue weighted by Crippen LogP contribution is -2.20. The molecule has 0 fully saturated rings. The average Bonchev–Trinajstić information content (AvgIpc) is 2.43. The summed E-state index contributed by atoms with van der Waals surface area (Å²) in [6, 6.07) is 12.8. The summed E-state index contributed by atoms with van der Waals surface area (Å²) < 4.78 is 13.4. The highest BCUT2D eigenvalue weighted by atomic mass is 35.5. The highest BCUT2D eigenvalue weighted by Gasteiger charge is 2.16. The van der Waals surface area contributed by atoms with E-state index in [4.69, 9.17) is 11.6 Å². The minimum Gasteiger partial charge on any atom is -0.319 e. The van der Waals surface area contributed by atoms with Gasteiger partial charge in [-0.2, -0.15) is 0 Å². The molecule has 0 aliphatic heterocycles. The van der Waals surface area contributed by atoms with Crippen LogP contribution in [0.1, 0.15) is 22.6 Å². The third-order valence-electron chi connectivity index (χ3n) is 3.57. The Kier molecular flexibility index (Phi) is 5.16. The fourth-order valence-corrected chi connectivity index (χ4v) is 2.76. The highest BCUT2D eigenvalue weighted by Crippen LogP contribution is 2.28. The molecule has 1 unspecified atom stereocenters. The van der Waals surface area contributed by atoms with Crippen molar-refractivity contribution in [1.29, 1.82) is 0 Å². The van der Waals surface area contributed by atoms with E-state index >= 15 is 0 Å². The monoisotopic (exact) mass is 291 g/mol. The van der Waals surface area contributed by atoms with E-state index in [1.807, 2.05) is 44.3 Å². The summed E-state index contributed by atoms with van der Waals surface area (Å²) in [5, 5.41) is 3.96. The summed E-state index contributed by atoms with van der Waals surface area (Å²) in [4.78, 5) is 0. The van der Waals surface area contributed by atoms with Gasteiger partial charge in [0.1, 0.15) is 5.82 Å². The Balaban J connectivity index is 2.30. The van der Waals surface area contributed by atoms with Crippen LogP contribution in [0.15, 0.2) is 42.5 Å². The summed E-state index contributed by atoms with van der Waals surface area (Å²) >= 11 is 6.29. The Labute approximate surface area is 124 Å². The van der Waals surface area contributed by atoms with Crippen LogP contribution in [-0.2, 0) is 6.42 Å². The molecule has 0 amide bonds. The Morgan fingerprint density at radius 3 is 2.65 bits per heavy atom. The number of likely N-dealkylation sites (N-methyl/N-ethyl adjacent to an activating group) is 1. The van der Waals surface area contributed by atoms with Gasteiger partial charge in [0.05, 0.1) is 0 Å². The van der Waals surface area contributed by atoms with Crippen LogP contribution >= 0.6 is 11.6 Å². The summed E-state index contributed by atoms with van der Waals surface area (Å²) in [6.45, 7) is 2.82. The quantitative estimate of drug-likeness (QED) is 0.864. The second-order valence-electron chi connectivity index (χ2n) is 5.05. The van der Waals surface area contributed by atoms with Crippen molar-refractivity contribution in [2.75, 3.05) is 13.6 Å². The summed E-state index contributed by atoms with van der Waals surface area (Å²) in [6.07, 6.45) is 0.772. The van der Waals surface area contributed by atoms with Crippen molar-refractivity contribution >= 4 is 11.6 Å². The first-order valence-corrected chi connectivity index (χ1v) is 7.13. The van der Waals surface area contributed by atoms with E-state index in [0.29, 0.717) is 0 Å². The van der Waals surface area contributed by atoms with Gasteiger partial charge in [0.15, 0.2) is 0 Å². The first-order valence-electron chi connectivity index (χ1n) is 6.76. The molecule has 0 heterocycles. The van der Waals surface area contributed by atoms with E-state index in [0.717, 1.165) is 34.7 Å². The minimum absolute atomic E-state index is 0.187. The average molecular weight is 292 g/mol. The molecule has 2 rings (SSSR count). The van der Waals surface area contributed by atoms with Crippen LogP contribution in [0.4, 0.5) is 4.39 Å². The van der Waals surface area contributed by atoms with Crippen LogP contribution in [-0.4, -0.2) is 13.6 Å². The predicted molar refractivity (Wildman–Crippen MR) is 83.0 cm³/mol. The number of hydrogen-bond acceptors (Lipinski definition) is 1. The van der Waals surface area contributed by atoms with E-state index in [9.17, 15) is 4.39 Å². The van der Waals surface area contributed by atoms with Crippen LogP contribution in [0, 0.1) is 12.7 Å². The number of hydrogen-bond donors (Lipinski definition) is 1. The molecule has 0 aliphatic rings. The maximum absolute atomic E-state index is 13.4. The molecule has 1 atom stereocenters. The van der Waals surface area contributed by atoms with E-state index in [1.54, 1.807) is 6.07 Å². The standard InChI is InChI=1S/C17H19ClFN/c1-12-7-8-15(19)10-13(12)9-14(11-20-2)16-5-3-4-6-17(16)18/h3-8,10,14,20H,9,11H2,1-2H3. The fraction of sp³-hybridized carbons (Fsp3) is 0.294. The second kappa shape index (κ2) is 6.87. The molecule has 0 spiro atoms. The maximum atomic E-state index is 13.4. The molecular formula is C17H19ClFN. The highest BCUT2D eigenvalue weighted by molar-refractivity contribution is 6.31. The molecule has 0 bridgehead atoms. The SMILES string of the molecule is CNCC(Cc1cc(F)ccc1C)c1ccccc1Cl. The van der Waals surface area contributed by atoms with Crippen LogP contribution < -0.4 is 5.32 Å². The van der Waals surface area contributed by atoms with Gasteiger partial charge in [0, 0.05) is 17.5 Å². The largest absolute Gasteiger partial charge is 0.319 e. The molecule has 2 aromatic rings. The Bertz CT molecular complexity index is 583. The Hall–Kier alpha value is -1.38. The molecule has 2 aromatic carbocycles. The number of aryl methyl sites for hydroxylation is 1. The number of nitrogens with one attached hydrogen (secondary N) is 1. The minimum atomic E-state index is -0.187. The van der Waals surface area contributed by atoms with E-state index < -0.39 is 0 Å². The lowest BCUT2D eigenvalue weighted by atomic mass is 9.90. The molecule has 20 heavy (non-hydrogen) atoms. The van der Waals surface area contributed by atoms with Gasteiger partial charge in [-0.05, 0) is 55.3 Å². The Morgan fingerprint density at radius 2 is 1.95 bits per heavy atom. The van der Waals surface area contributed by atoms with Gasteiger partial charge in [0.25, 0.3) is 0 Å². The molecule has 0 aliphatic carbocycles. The van der Waals surface area contributed by atoms with Crippen LogP contribution in [0.25, 0.3) is 0 Å². The van der Waals surface area contributed by atoms with Gasteiger partial charge in [0.2, 0.25) is 0 Å². The zero-order valence-electron chi connectivity index (χ0n) is 11.8. The van der Waals surface area contributed by atoms with Crippen molar-refractivity contribution < 1.29 is 4.39 Å². The number of halogens is 2. The summed E-state index contributed by atoms with van der Waals surface area (Å²) in [5.74, 6) is 0.0437. The van der Waals surface area contributed by atoms with Gasteiger partial charge in [-0.3, -0.25) is 0 Å². The van der Waals surface area contributed by atoms with Crippen molar-refractivity contribution in [2.24, 2.45) is 0 Å². The first-order chi connectivity index (χ1) is 9.61. The van der Waals surface area contributed by atoms with Gasteiger partial charge >= 0.3 is 0 Å². The molecule has 0 saturated heterocycles. The van der Waals surface area contributed by atoms with Crippen molar-refractivity contribution in [2.45, 2.75) is 19.3 Å².